The van der Waals surface area contributed by atoms with Crippen molar-refractivity contribution in [2.45, 2.75) is 17.9 Å². The van der Waals surface area contributed by atoms with Crippen LogP contribution in [0.25, 0.3) is 0 Å². The fraction of sp³-hybridized carbons (Fsp3) is 0.267. The Balaban J connectivity index is 1.65. The summed E-state index contributed by atoms with van der Waals surface area (Å²) >= 11 is 1.65. The van der Waals surface area contributed by atoms with Crippen LogP contribution >= 0.6 is 11.8 Å². The second-order valence-electron chi connectivity index (χ2n) is 4.13. The van der Waals surface area contributed by atoms with Gasteiger partial charge in [0.2, 0.25) is 5.91 Å². The smallest absolute Gasteiger partial charge is 0.221 e. The molecule has 20 heavy (non-hydrogen) atoms. The maximum atomic E-state index is 11.6. The molecule has 0 aliphatic heterocycles. The van der Waals surface area contributed by atoms with Gasteiger partial charge in [0.05, 0.1) is 19.9 Å². The summed E-state index contributed by atoms with van der Waals surface area (Å²) in [7, 11) is 1.64. The average Bonchev–Trinajstić information content (AvgIpc) is 2.99. The van der Waals surface area contributed by atoms with E-state index in [1.54, 1.807) is 31.2 Å². The van der Waals surface area contributed by atoms with Gasteiger partial charge in [-0.3, -0.25) is 4.79 Å². The summed E-state index contributed by atoms with van der Waals surface area (Å²) in [5, 5.41) is 2.82. The van der Waals surface area contributed by atoms with Crippen LogP contribution in [0.1, 0.15) is 12.2 Å². The number of carbonyl (C=O) groups is 1. The van der Waals surface area contributed by atoms with Gasteiger partial charge in [-0.15, -0.1) is 11.8 Å². The minimum atomic E-state index is 0.0300. The van der Waals surface area contributed by atoms with Crippen molar-refractivity contribution in [2.24, 2.45) is 0 Å². The Kier molecular flexibility index (Phi) is 5.55. The fourth-order valence-corrected chi connectivity index (χ4v) is 2.47. The molecule has 0 radical (unpaired) electrons. The molecule has 4 nitrogen and oxygen atoms in total. The van der Waals surface area contributed by atoms with Gasteiger partial charge >= 0.3 is 0 Å². The molecule has 0 saturated carbocycles. The zero-order valence-electron chi connectivity index (χ0n) is 11.3. The highest BCUT2D eigenvalue weighted by atomic mass is 32.2. The number of methoxy groups -OCH3 is 1. The van der Waals surface area contributed by atoms with E-state index in [9.17, 15) is 4.79 Å². The molecule has 5 heteroatoms. The Bertz CT molecular complexity index is 523. The maximum absolute atomic E-state index is 11.6. The number of amides is 1. The first kappa shape index (κ1) is 14.5. The Morgan fingerprint density at radius 3 is 2.75 bits per heavy atom. The Hall–Kier alpha value is -1.88. The quantitative estimate of drug-likeness (QED) is 0.796. The molecule has 0 spiro atoms. The molecule has 1 N–H and O–H groups in total. The molecule has 1 aromatic heterocycles. The van der Waals surface area contributed by atoms with Crippen LogP contribution in [0.15, 0.2) is 52.0 Å². The van der Waals surface area contributed by atoms with Gasteiger partial charge in [-0.05, 0) is 36.4 Å². The molecule has 1 amide bonds. The van der Waals surface area contributed by atoms with Crippen LogP contribution < -0.4 is 10.1 Å². The number of nitrogens with one attached hydrogen (secondary N) is 1. The summed E-state index contributed by atoms with van der Waals surface area (Å²) < 4.78 is 10.2. The van der Waals surface area contributed by atoms with E-state index in [1.807, 2.05) is 30.3 Å². The number of hydrogen-bond donors (Lipinski definition) is 1. The average molecular weight is 291 g/mol. The predicted molar refractivity (Wildman–Crippen MR) is 78.9 cm³/mol. The molecule has 1 aromatic carbocycles. The SMILES string of the molecule is COc1ccc(SCCC(=O)NCc2ccco2)cc1. The summed E-state index contributed by atoms with van der Waals surface area (Å²) in [4.78, 5) is 12.8. The van der Waals surface area contributed by atoms with Crippen LogP contribution in [0.5, 0.6) is 5.75 Å². The lowest BCUT2D eigenvalue weighted by molar-refractivity contribution is -0.120. The number of hydrogen-bond acceptors (Lipinski definition) is 4. The molecule has 0 aliphatic carbocycles. The molecule has 2 aromatic rings. The van der Waals surface area contributed by atoms with Crippen molar-refractivity contribution >= 4 is 17.7 Å². The second kappa shape index (κ2) is 7.65. The summed E-state index contributed by atoms with van der Waals surface area (Å²) in [5.41, 5.74) is 0. The summed E-state index contributed by atoms with van der Waals surface area (Å²) in [6.07, 6.45) is 2.08. The van der Waals surface area contributed by atoms with Gasteiger partial charge in [0.1, 0.15) is 11.5 Å². The third kappa shape index (κ3) is 4.66. The Labute approximate surface area is 122 Å². The molecule has 1 heterocycles. The van der Waals surface area contributed by atoms with E-state index in [2.05, 4.69) is 5.32 Å². The highest BCUT2D eigenvalue weighted by Gasteiger charge is 2.03. The highest BCUT2D eigenvalue weighted by molar-refractivity contribution is 7.99. The van der Waals surface area contributed by atoms with Gasteiger partial charge in [-0.25, -0.2) is 0 Å². The molecular weight excluding hydrogens is 274 g/mol. The van der Waals surface area contributed by atoms with Crippen molar-refractivity contribution in [3.05, 3.63) is 48.4 Å². The Morgan fingerprint density at radius 1 is 1.30 bits per heavy atom. The van der Waals surface area contributed by atoms with Gasteiger partial charge in [0.15, 0.2) is 0 Å². The fourth-order valence-electron chi connectivity index (χ4n) is 1.62. The monoisotopic (exact) mass is 291 g/mol. The van der Waals surface area contributed by atoms with Crippen molar-refractivity contribution in [3.8, 4) is 5.75 Å². The van der Waals surface area contributed by atoms with E-state index < -0.39 is 0 Å². The lowest BCUT2D eigenvalue weighted by Crippen LogP contribution is -2.22. The number of ether oxygens (including phenoxy) is 1. The first-order valence-corrected chi connectivity index (χ1v) is 7.32. The number of benzene rings is 1. The van der Waals surface area contributed by atoms with Gasteiger partial charge in [0.25, 0.3) is 0 Å². The van der Waals surface area contributed by atoms with E-state index in [0.29, 0.717) is 13.0 Å². The number of furan rings is 1. The molecule has 0 atom stereocenters. The highest BCUT2D eigenvalue weighted by Crippen LogP contribution is 2.21. The van der Waals surface area contributed by atoms with E-state index >= 15 is 0 Å². The van der Waals surface area contributed by atoms with Crippen LogP contribution in [-0.4, -0.2) is 18.8 Å². The summed E-state index contributed by atoms with van der Waals surface area (Å²) in [6, 6.07) is 11.5. The maximum Gasteiger partial charge on any atom is 0.221 e. The van der Waals surface area contributed by atoms with Crippen LogP contribution in [0, 0.1) is 0 Å². The molecule has 0 unspecified atom stereocenters. The normalized spacial score (nSPS) is 10.2. The van der Waals surface area contributed by atoms with E-state index in [1.165, 1.54) is 0 Å². The molecule has 0 aliphatic rings. The molecule has 0 fully saturated rings. The molecule has 2 rings (SSSR count). The van der Waals surface area contributed by atoms with E-state index in [0.717, 1.165) is 22.2 Å². The zero-order chi connectivity index (χ0) is 14.2. The first-order valence-electron chi connectivity index (χ1n) is 6.34. The minimum Gasteiger partial charge on any atom is -0.497 e. The van der Waals surface area contributed by atoms with Gasteiger partial charge in [-0.2, -0.15) is 0 Å². The zero-order valence-corrected chi connectivity index (χ0v) is 12.1. The van der Waals surface area contributed by atoms with Crippen LogP contribution in [-0.2, 0) is 11.3 Å². The van der Waals surface area contributed by atoms with Crippen molar-refractivity contribution < 1.29 is 13.9 Å². The van der Waals surface area contributed by atoms with Crippen molar-refractivity contribution in [1.29, 1.82) is 0 Å². The number of carbonyl (C=O) groups excluding carboxylic acids is 1. The topological polar surface area (TPSA) is 51.5 Å². The minimum absolute atomic E-state index is 0.0300. The molecule has 106 valence electrons. The van der Waals surface area contributed by atoms with E-state index in [4.69, 9.17) is 9.15 Å². The lowest BCUT2D eigenvalue weighted by Gasteiger charge is -2.04. The number of rotatable bonds is 7. The summed E-state index contributed by atoms with van der Waals surface area (Å²) in [6.45, 7) is 0.443. The number of thioether (sulfide) groups is 1. The third-order valence-electron chi connectivity index (χ3n) is 2.70. The van der Waals surface area contributed by atoms with Crippen molar-refractivity contribution in [3.63, 3.8) is 0 Å². The third-order valence-corrected chi connectivity index (χ3v) is 3.71. The van der Waals surface area contributed by atoms with Crippen LogP contribution in [0.2, 0.25) is 0 Å². The summed E-state index contributed by atoms with van der Waals surface area (Å²) in [5.74, 6) is 2.38. The van der Waals surface area contributed by atoms with Gasteiger partial charge < -0.3 is 14.5 Å². The van der Waals surface area contributed by atoms with Crippen molar-refractivity contribution in [2.75, 3.05) is 12.9 Å². The first-order chi connectivity index (χ1) is 9.78. The molecule has 0 bridgehead atoms. The Morgan fingerprint density at radius 2 is 2.10 bits per heavy atom. The van der Waals surface area contributed by atoms with Gasteiger partial charge in [-0.1, -0.05) is 0 Å². The lowest BCUT2D eigenvalue weighted by atomic mass is 10.3. The van der Waals surface area contributed by atoms with Gasteiger partial charge in [0, 0.05) is 17.1 Å². The molecular formula is C15H17NO3S. The van der Waals surface area contributed by atoms with E-state index in [-0.39, 0.29) is 5.91 Å². The van der Waals surface area contributed by atoms with Crippen molar-refractivity contribution in [1.82, 2.24) is 5.32 Å². The standard InChI is InChI=1S/C15H17NO3S/c1-18-12-4-6-14(7-5-12)20-10-8-15(17)16-11-13-3-2-9-19-13/h2-7,9H,8,10-11H2,1H3,(H,16,17). The molecule has 0 saturated heterocycles. The van der Waals surface area contributed by atoms with Crippen LogP contribution in [0.4, 0.5) is 0 Å². The van der Waals surface area contributed by atoms with Crippen LogP contribution in [0.3, 0.4) is 0 Å². The largest absolute Gasteiger partial charge is 0.497 e. The second-order valence-corrected chi connectivity index (χ2v) is 5.30. The predicted octanol–water partition coefficient (Wildman–Crippen LogP) is 3.09.